The first-order valence-electron chi connectivity index (χ1n) is 20.4. The lowest BCUT2D eigenvalue weighted by molar-refractivity contribution is 0.658. The van der Waals surface area contributed by atoms with E-state index in [2.05, 4.69) is 220 Å². The lowest BCUT2D eigenvalue weighted by Gasteiger charge is -2.24. The molecule has 0 saturated heterocycles. The molecule has 1 aromatic heterocycles. The van der Waals surface area contributed by atoms with Crippen molar-refractivity contribution in [1.82, 2.24) is 9.97 Å². The summed E-state index contributed by atoms with van der Waals surface area (Å²) in [7, 11) is 0. The quantitative estimate of drug-likeness (QED) is 0.169. The van der Waals surface area contributed by atoms with Crippen molar-refractivity contribution in [3.8, 4) is 78.4 Å². The van der Waals surface area contributed by atoms with Crippen LogP contribution in [0.15, 0.2) is 206 Å². The minimum absolute atomic E-state index is 0.322. The zero-order chi connectivity index (χ0) is 39.5. The molecule has 9 aromatic carbocycles. The first kappa shape index (κ1) is 34.8. The Morgan fingerprint density at radius 2 is 0.780 bits per heavy atom. The number of hydrogen-bond acceptors (Lipinski definition) is 2. The van der Waals surface area contributed by atoms with E-state index in [-0.39, 0.29) is 5.41 Å². The van der Waals surface area contributed by atoms with Crippen LogP contribution in [0.4, 0.5) is 0 Å². The third-order valence-corrected chi connectivity index (χ3v) is 12.2. The van der Waals surface area contributed by atoms with Crippen LogP contribution in [0.3, 0.4) is 0 Å². The molecule has 0 spiro atoms. The molecular formula is C57H40N2. The molecule has 2 heteroatoms. The second-order valence-electron chi connectivity index (χ2n) is 16.2. The summed E-state index contributed by atoms with van der Waals surface area (Å²) in [6, 6.07) is 74.4. The Bertz CT molecular complexity index is 3170. The predicted molar refractivity (Wildman–Crippen MR) is 247 cm³/mol. The van der Waals surface area contributed by atoms with Crippen LogP contribution in [-0.2, 0) is 5.41 Å². The lowest BCUT2D eigenvalue weighted by Crippen LogP contribution is -2.17. The highest BCUT2D eigenvalue weighted by molar-refractivity contribution is 6.04. The fourth-order valence-electron chi connectivity index (χ4n) is 9.28. The molecule has 1 aliphatic rings. The molecule has 0 N–H and O–H groups in total. The maximum absolute atomic E-state index is 5.56. The van der Waals surface area contributed by atoms with Gasteiger partial charge in [0.05, 0.1) is 11.4 Å². The molecule has 0 saturated carbocycles. The normalized spacial score (nSPS) is 12.7. The molecule has 0 aliphatic heterocycles. The molecule has 1 heterocycles. The first-order valence-corrected chi connectivity index (χ1v) is 20.4. The summed E-state index contributed by atoms with van der Waals surface area (Å²) in [5.74, 6) is 0.743. The van der Waals surface area contributed by atoms with Crippen molar-refractivity contribution in [2.45, 2.75) is 19.3 Å². The van der Waals surface area contributed by atoms with Gasteiger partial charge in [-0.2, -0.15) is 0 Å². The Morgan fingerprint density at radius 1 is 0.339 bits per heavy atom. The van der Waals surface area contributed by atoms with E-state index in [1.165, 1.54) is 66.2 Å². The number of fused-ring (bicyclic) bond motifs is 6. The van der Waals surface area contributed by atoms with Gasteiger partial charge in [0.1, 0.15) is 0 Å². The monoisotopic (exact) mass is 752 g/mol. The van der Waals surface area contributed by atoms with Gasteiger partial charge < -0.3 is 0 Å². The van der Waals surface area contributed by atoms with Gasteiger partial charge in [0.2, 0.25) is 0 Å². The SMILES string of the molecule is CC1(C)c2ccc3ccccc3c2-c2nc(-c3cccc4ccccc34)nc(-c3cccc(-c4cccc(-c5cc(-c6ccccc6)cc(-c6ccccc6)c5)c4)c3)c21. The number of rotatable bonds is 6. The van der Waals surface area contributed by atoms with E-state index >= 15 is 0 Å². The third-order valence-electron chi connectivity index (χ3n) is 12.2. The average Bonchev–Trinajstić information content (AvgIpc) is 3.55. The highest BCUT2D eigenvalue weighted by Gasteiger charge is 2.41. The molecule has 1 aliphatic carbocycles. The fourth-order valence-corrected chi connectivity index (χ4v) is 9.28. The molecular weight excluding hydrogens is 713 g/mol. The maximum atomic E-state index is 5.56. The van der Waals surface area contributed by atoms with E-state index in [0.29, 0.717) is 0 Å². The Kier molecular flexibility index (Phi) is 8.20. The van der Waals surface area contributed by atoms with E-state index < -0.39 is 0 Å². The van der Waals surface area contributed by atoms with Crippen LogP contribution < -0.4 is 0 Å². The second-order valence-corrected chi connectivity index (χ2v) is 16.2. The maximum Gasteiger partial charge on any atom is 0.161 e. The van der Waals surface area contributed by atoms with Crippen LogP contribution in [0.5, 0.6) is 0 Å². The highest BCUT2D eigenvalue weighted by atomic mass is 14.9. The minimum atomic E-state index is -0.322. The van der Waals surface area contributed by atoms with E-state index in [1.54, 1.807) is 0 Å². The van der Waals surface area contributed by atoms with E-state index in [1.807, 2.05) is 0 Å². The molecule has 0 atom stereocenters. The van der Waals surface area contributed by atoms with Gasteiger partial charge in [-0.1, -0.05) is 190 Å². The summed E-state index contributed by atoms with van der Waals surface area (Å²) in [4.78, 5) is 11.1. The predicted octanol–water partition coefficient (Wildman–Crippen LogP) is 15.1. The van der Waals surface area contributed by atoms with E-state index in [4.69, 9.17) is 9.97 Å². The van der Waals surface area contributed by atoms with Crippen molar-refractivity contribution in [3.05, 3.63) is 217 Å². The molecule has 11 rings (SSSR count). The lowest BCUT2D eigenvalue weighted by atomic mass is 9.80. The Morgan fingerprint density at radius 3 is 1.44 bits per heavy atom. The van der Waals surface area contributed by atoms with Crippen molar-refractivity contribution in [2.75, 3.05) is 0 Å². The summed E-state index contributed by atoms with van der Waals surface area (Å²) in [5.41, 5.74) is 16.9. The summed E-state index contributed by atoms with van der Waals surface area (Å²) < 4.78 is 0. The van der Waals surface area contributed by atoms with Crippen LogP contribution in [-0.4, -0.2) is 9.97 Å². The van der Waals surface area contributed by atoms with Crippen molar-refractivity contribution in [3.63, 3.8) is 0 Å². The van der Waals surface area contributed by atoms with Gasteiger partial charge in [-0.3, -0.25) is 0 Å². The van der Waals surface area contributed by atoms with Crippen LogP contribution >= 0.6 is 0 Å². The number of hydrogen-bond donors (Lipinski definition) is 0. The molecule has 0 unspecified atom stereocenters. The first-order chi connectivity index (χ1) is 29.0. The molecule has 10 aromatic rings. The molecule has 59 heavy (non-hydrogen) atoms. The molecule has 0 radical (unpaired) electrons. The minimum Gasteiger partial charge on any atom is -0.228 e. The largest absolute Gasteiger partial charge is 0.228 e. The smallest absolute Gasteiger partial charge is 0.161 e. The summed E-state index contributed by atoms with van der Waals surface area (Å²) >= 11 is 0. The Labute approximate surface area is 345 Å². The van der Waals surface area contributed by atoms with Crippen LogP contribution in [0.1, 0.15) is 25.0 Å². The second kappa shape index (κ2) is 13.9. The van der Waals surface area contributed by atoms with Crippen molar-refractivity contribution in [1.29, 1.82) is 0 Å². The van der Waals surface area contributed by atoms with Crippen molar-refractivity contribution >= 4 is 21.5 Å². The van der Waals surface area contributed by atoms with E-state index in [9.17, 15) is 0 Å². The summed E-state index contributed by atoms with van der Waals surface area (Å²) in [6.45, 7) is 4.66. The standard InChI is InChI=1S/C57H40N2/c1-57(2)51-31-30-40-21-10-12-28-49(40)52(51)55-53(57)54(58-56(59-55)50-29-15-22-39-20-9-11-27-48(39)50)44-26-14-24-42(33-44)41-23-13-25-43(32-41)47-35-45(37-16-5-3-6-17-37)34-46(36-47)38-18-7-4-8-19-38/h3-36H,1-2H3. The van der Waals surface area contributed by atoms with Crippen LogP contribution in [0.2, 0.25) is 0 Å². The van der Waals surface area contributed by atoms with Gasteiger partial charge in [0.25, 0.3) is 0 Å². The third kappa shape index (κ3) is 5.96. The van der Waals surface area contributed by atoms with Gasteiger partial charge in [-0.05, 0) is 102 Å². The van der Waals surface area contributed by atoms with Crippen LogP contribution in [0, 0.1) is 0 Å². The van der Waals surface area contributed by atoms with Crippen molar-refractivity contribution < 1.29 is 0 Å². The van der Waals surface area contributed by atoms with E-state index in [0.717, 1.165) is 44.9 Å². The number of nitrogens with zero attached hydrogens (tertiary/aromatic N) is 2. The number of benzene rings is 9. The zero-order valence-electron chi connectivity index (χ0n) is 33.0. The van der Waals surface area contributed by atoms with Gasteiger partial charge in [0, 0.05) is 27.7 Å². The van der Waals surface area contributed by atoms with Crippen LogP contribution in [0.25, 0.3) is 100.0 Å². The highest BCUT2D eigenvalue weighted by Crippen LogP contribution is 2.54. The van der Waals surface area contributed by atoms with Gasteiger partial charge in [-0.25, -0.2) is 9.97 Å². The van der Waals surface area contributed by atoms with Gasteiger partial charge in [0.15, 0.2) is 5.82 Å². The molecule has 0 bridgehead atoms. The Hall–Kier alpha value is -7.42. The van der Waals surface area contributed by atoms with Gasteiger partial charge >= 0.3 is 0 Å². The molecule has 278 valence electrons. The fraction of sp³-hybridized carbons (Fsp3) is 0.0526. The van der Waals surface area contributed by atoms with Crippen molar-refractivity contribution in [2.24, 2.45) is 0 Å². The molecule has 0 fully saturated rings. The molecule has 2 nitrogen and oxygen atoms in total. The Balaban J connectivity index is 1.09. The summed E-state index contributed by atoms with van der Waals surface area (Å²) in [5, 5.41) is 4.76. The topological polar surface area (TPSA) is 25.8 Å². The number of aromatic nitrogens is 2. The van der Waals surface area contributed by atoms with Gasteiger partial charge in [-0.15, -0.1) is 0 Å². The zero-order valence-corrected chi connectivity index (χ0v) is 33.0. The molecule has 0 amide bonds. The average molecular weight is 753 g/mol. The summed E-state index contributed by atoms with van der Waals surface area (Å²) in [6.07, 6.45) is 0.